The summed E-state index contributed by atoms with van der Waals surface area (Å²) in [6.07, 6.45) is 6.21. The van der Waals surface area contributed by atoms with Crippen molar-refractivity contribution in [1.29, 1.82) is 0 Å². The third-order valence-electron chi connectivity index (χ3n) is 8.02. The number of hydrogen-bond acceptors (Lipinski definition) is 5. The number of piperazine rings is 1. The second kappa shape index (κ2) is 7.80. The van der Waals surface area contributed by atoms with E-state index in [-0.39, 0.29) is 23.5 Å². The van der Waals surface area contributed by atoms with Gasteiger partial charge in [0.15, 0.2) is 0 Å². The van der Waals surface area contributed by atoms with Gasteiger partial charge in [-0.2, -0.15) is 0 Å². The number of anilines is 1. The third-order valence-corrected chi connectivity index (χ3v) is 8.02. The van der Waals surface area contributed by atoms with Crippen molar-refractivity contribution < 1.29 is 14.5 Å². The van der Waals surface area contributed by atoms with E-state index in [2.05, 4.69) is 5.32 Å². The number of nitrogens with zero attached hydrogens (tertiary/aromatic N) is 3. The molecule has 5 fully saturated rings. The van der Waals surface area contributed by atoms with Crippen LogP contribution in [0.2, 0.25) is 0 Å². The molecule has 1 N–H and O–H groups in total. The summed E-state index contributed by atoms with van der Waals surface area (Å²) in [5.41, 5.74) is 0.819. The minimum Gasteiger partial charge on any atom is -0.362 e. The van der Waals surface area contributed by atoms with Crippen molar-refractivity contribution >= 4 is 23.2 Å². The van der Waals surface area contributed by atoms with Gasteiger partial charge in [-0.3, -0.25) is 19.7 Å². The second-order valence-corrected chi connectivity index (χ2v) is 9.88. The molecule has 6 rings (SSSR count). The van der Waals surface area contributed by atoms with E-state index in [0.29, 0.717) is 49.3 Å². The molecule has 1 aromatic rings. The van der Waals surface area contributed by atoms with E-state index in [0.717, 1.165) is 11.8 Å². The number of carbonyl (C=O) groups is 2. The zero-order valence-electron chi connectivity index (χ0n) is 18.0. The summed E-state index contributed by atoms with van der Waals surface area (Å²) in [7, 11) is 0. The smallest absolute Gasteiger partial charge is 0.293 e. The molecule has 1 heterocycles. The number of nitro benzene ring substituents is 1. The van der Waals surface area contributed by atoms with Crippen molar-refractivity contribution in [3.8, 4) is 0 Å². The first-order chi connectivity index (χ1) is 14.9. The summed E-state index contributed by atoms with van der Waals surface area (Å²) < 4.78 is 0. The fourth-order valence-electron chi connectivity index (χ4n) is 6.74. The van der Waals surface area contributed by atoms with Gasteiger partial charge in [0.05, 0.1) is 4.92 Å². The lowest BCUT2D eigenvalue weighted by molar-refractivity contribution is -0.384. The molecule has 1 aliphatic heterocycles. The summed E-state index contributed by atoms with van der Waals surface area (Å²) >= 11 is 0. The highest BCUT2D eigenvalue weighted by Crippen LogP contribution is 2.53. The van der Waals surface area contributed by atoms with Gasteiger partial charge in [0, 0.05) is 50.8 Å². The van der Waals surface area contributed by atoms with Gasteiger partial charge >= 0.3 is 0 Å². The summed E-state index contributed by atoms with van der Waals surface area (Å²) in [5.74, 6) is 2.61. The molecule has 31 heavy (non-hydrogen) atoms. The minimum atomic E-state index is -0.410. The minimum absolute atomic E-state index is 0.0194. The van der Waals surface area contributed by atoms with Gasteiger partial charge in [-0.05, 0) is 67.9 Å². The maximum atomic E-state index is 13.0. The predicted molar refractivity (Wildman–Crippen MR) is 116 cm³/mol. The van der Waals surface area contributed by atoms with Crippen molar-refractivity contribution in [2.75, 3.05) is 31.1 Å². The molecule has 2 amide bonds. The number of rotatable bonds is 4. The lowest BCUT2D eigenvalue weighted by Crippen LogP contribution is -2.55. The lowest BCUT2D eigenvalue weighted by Gasteiger charge is -2.54. The van der Waals surface area contributed by atoms with Gasteiger partial charge < -0.3 is 15.1 Å². The van der Waals surface area contributed by atoms with Crippen molar-refractivity contribution in [3.63, 3.8) is 0 Å². The van der Waals surface area contributed by atoms with Gasteiger partial charge in [-0.1, -0.05) is 0 Å². The van der Waals surface area contributed by atoms with Crippen LogP contribution in [0.25, 0.3) is 0 Å². The van der Waals surface area contributed by atoms with Crippen LogP contribution in [-0.2, 0) is 4.79 Å². The first-order valence-electron chi connectivity index (χ1n) is 11.5. The van der Waals surface area contributed by atoms with Crippen molar-refractivity contribution in [2.24, 2.45) is 23.7 Å². The topological polar surface area (TPSA) is 95.8 Å². The molecule has 4 saturated carbocycles. The number of benzene rings is 1. The van der Waals surface area contributed by atoms with E-state index in [4.69, 9.17) is 0 Å². The zero-order chi connectivity index (χ0) is 21.7. The molecule has 1 saturated heterocycles. The molecule has 1 aromatic carbocycles. The fourth-order valence-corrected chi connectivity index (χ4v) is 6.74. The van der Waals surface area contributed by atoms with Crippen LogP contribution in [0.5, 0.6) is 0 Å². The normalized spacial score (nSPS) is 31.6. The van der Waals surface area contributed by atoms with Gasteiger partial charge in [0.1, 0.15) is 5.69 Å². The lowest BCUT2D eigenvalue weighted by atomic mass is 9.54. The molecule has 4 aliphatic carbocycles. The second-order valence-electron chi connectivity index (χ2n) is 9.88. The molecule has 8 nitrogen and oxygen atoms in total. The highest BCUT2D eigenvalue weighted by atomic mass is 16.6. The standard InChI is InChI=1S/C23H30N4O4/c1-14(28)25-4-6-26(7-5-25)20-3-2-17(13-21(20)27(30)31)23(29)24-22-18-9-15-8-16(11-18)12-19(22)10-15/h2-3,13,15-16,18-19,22H,4-12H2,1H3,(H,24,29). The van der Waals surface area contributed by atoms with E-state index in [1.807, 2.05) is 4.90 Å². The predicted octanol–water partition coefficient (Wildman–Crippen LogP) is 2.82. The molecular formula is C23H30N4O4. The SMILES string of the molecule is CC(=O)N1CCN(c2ccc(C(=O)NC3C4CC5CC(C4)CC3C5)cc2[N+](=O)[O-])CC1. The molecule has 8 heteroatoms. The summed E-state index contributed by atoms with van der Waals surface area (Å²) in [4.78, 5) is 39.6. The summed E-state index contributed by atoms with van der Waals surface area (Å²) in [6, 6.07) is 5.01. The van der Waals surface area contributed by atoms with E-state index in [1.54, 1.807) is 17.0 Å². The van der Waals surface area contributed by atoms with Crippen LogP contribution < -0.4 is 10.2 Å². The number of nitrogens with one attached hydrogen (secondary N) is 1. The summed E-state index contributed by atoms with van der Waals surface area (Å²) in [5, 5.41) is 15.0. The van der Waals surface area contributed by atoms with E-state index >= 15 is 0 Å². The Morgan fingerprint density at radius 1 is 1.00 bits per heavy atom. The zero-order valence-corrected chi connectivity index (χ0v) is 18.0. The molecule has 0 unspecified atom stereocenters. The molecule has 166 valence electrons. The number of carbonyl (C=O) groups excluding carboxylic acids is 2. The van der Waals surface area contributed by atoms with Crippen LogP contribution in [0.4, 0.5) is 11.4 Å². The molecule has 0 aromatic heterocycles. The van der Waals surface area contributed by atoms with Gasteiger partial charge in [-0.15, -0.1) is 0 Å². The summed E-state index contributed by atoms with van der Waals surface area (Å²) in [6.45, 7) is 3.71. The Labute approximate surface area is 182 Å². The van der Waals surface area contributed by atoms with Crippen molar-refractivity contribution in [2.45, 2.75) is 45.1 Å². The molecule has 4 bridgehead atoms. The van der Waals surface area contributed by atoms with Crippen LogP contribution in [0.3, 0.4) is 0 Å². The highest BCUT2D eigenvalue weighted by molar-refractivity contribution is 5.96. The van der Waals surface area contributed by atoms with Crippen molar-refractivity contribution in [3.05, 3.63) is 33.9 Å². The molecule has 0 atom stereocenters. The molecule has 0 spiro atoms. The quantitative estimate of drug-likeness (QED) is 0.590. The number of amides is 2. The number of nitro groups is 1. The Balaban J connectivity index is 1.31. The van der Waals surface area contributed by atoms with Crippen LogP contribution in [0.1, 0.15) is 49.4 Å². The number of hydrogen-bond donors (Lipinski definition) is 1. The van der Waals surface area contributed by atoms with Crippen LogP contribution in [-0.4, -0.2) is 53.9 Å². The van der Waals surface area contributed by atoms with Gasteiger partial charge in [-0.25, -0.2) is 0 Å². The first kappa shape index (κ1) is 20.3. The monoisotopic (exact) mass is 426 g/mol. The van der Waals surface area contributed by atoms with E-state index in [1.165, 1.54) is 45.1 Å². The molecule has 5 aliphatic rings. The third kappa shape index (κ3) is 3.77. The average Bonchev–Trinajstić information content (AvgIpc) is 2.75. The maximum absolute atomic E-state index is 13.0. The fraction of sp³-hybridized carbons (Fsp3) is 0.652. The Morgan fingerprint density at radius 3 is 2.16 bits per heavy atom. The molecular weight excluding hydrogens is 396 g/mol. The maximum Gasteiger partial charge on any atom is 0.293 e. The van der Waals surface area contributed by atoms with Crippen molar-refractivity contribution in [1.82, 2.24) is 10.2 Å². The largest absolute Gasteiger partial charge is 0.362 e. The van der Waals surface area contributed by atoms with E-state index < -0.39 is 4.92 Å². The van der Waals surface area contributed by atoms with Gasteiger partial charge in [0.2, 0.25) is 5.91 Å². The Bertz CT molecular complexity index is 881. The van der Waals surface area contributed by atoms with E-state index in [9.17, 15) is 19.7 Å². The van der Waals surface area contributed by atoms with Crippen LogP contribution >= 0.6 is 0 Å². The van der Waals surface area contributed by atoms with Gasteiger partial charge in [0.25, 0.3) is 11.6 Å². The Hall–Kier alpha value is -2.64. The Kier molecular flexibility index (Phi) is 5.10. The first-order valence-corrected chi connectivity index (χ1v) is 11.5. The Morgan fingerprint density at radius 2 is 1.61 bits per heavy atom. The van der Waals surface area contributed by atoms with Crippen LogP contribution in [0, 0.1) is 33.8 Å². The van der Waals surface area contributed by atoms with Crippen LogP contribution in [0.15, 0.2) is 18.2 Å². The highest BCUT2D eigenvalue weighted by Gasteiger charge is 2.48. The average molecular weight is 427 g/mol. The molecule has 0 radical (unpaired) electrons.